The van der Waals surface area contributed by atoms with Crippen LogP contribution < -0.4 is 4.90 Å². The summed E-state index contributed by atoms with van der Waals surface area (Å²) in [5, 5.41) is 2.24. The van der Waals surface area contributed by atoms with E-state index in [1.165, 1.54) is 0 Å². The Balaban J connectivity index is 1.70. The van der Waals surface area contributed by atoms with Crippen molar-refractivity contribution in [2.45, 2.75) is 0 Å². The van der Waals surface area contributed by atoms with E-state index in [4.69, 9.17) is 0 Å². The van der Waals surface area contributed by atoms with Crippen molar-refractivity contribution in [3.8, 4) is 0 Å². The van der Waals surface area contributed by atoms with Gasteiger partial charge in [0, 0.05) is 41.7 Å². The highest BCUT2D eigenvalue weighted by Crippen LogP contribution is 2.22. The molecular weight excluding hydrogens is 274 g/mol. The van der Waals surface area contributed by atoms with Crippen LogP contribution in [0.3, 0.4) is 0 Å². The number of carbonyl (C=O) groups is 1. The first kappa shape index (κ1) is 12.7. The lowest BCUT2D eigenvalue weighted by Crippen LogP contribution is -2.26. The number of rotatable bonds is 2. The minimum atomic E-state index is -0.0255. The lowest BCUT2D eigenvalue weighted by atomic mass is 10.1. The number of nitrogens with one attached hydrogen (secondary N) is 2. The zero-order valence-electron chi connectivity index (χ0n) is 12.1. The number of fused-ring (bicyclic) bond motifs is 2. The van der Waals surface area contributed by atoms with E-state index < -0.39 is 0 Å². The maximum atomic E-state index is 12.7. The van der Waals surface area contributed by atoms with E-state index >= 15 is 0 Å². The molecule has 0 saturated carbocycles. The molecule has 1 amide bonds. The normalized spacial score (nSPS) is 11.1. The summed E-state index contributed by atoms with van der Waals surface area (Å²) in [5.41, 5.74) is 3.53. The molecule has 2 N–H and O–H groups in total. The number of hydrogen-bond acceptors (Lipinski definition) is 1. The molecule has 0 aliphatic carbocycles. The standard InChI is InChI=1S/C18H15N3O/c1-21(15-5-4-13-7-9-20-17(13)11-15)18(22)14-3-2-12-6-8-19-16(12)10-14/h2-11,19-20H,1H3. The molecule has 0 saturated heterocycles. The van der Waals surface area contributed by atoms with Crippen molar-refractivity contribution in [1.29, 1.82) is 0 Å². The molecule has 4 rings (SSSR count). The van der Waals surface area contributed by atoms with Crippen molar-refractivity contribution in [1.82, 2.24) is 9.97 Å². The van der Waals surface area contributed by atoms with Crippen LogP contribution in [0.15, 0.2) is 60.9 Å². The number of aromatic amines is 2. The van der Waals surface area contributed by atoms with Gasteiger partial charge in [0.1, 0.15) is 0 Å². The van der Waals surface area contributed by atoms with Gasteiger partial charge in [0.2, 0.25) is 0 Å². The Kier molecular flexibility index (Phi) is 2.76. The summed E-state index contributed by atoms with van der Waals surface area (Å²) in [7, 11) is 1.80. The van der Waals surface area contributed by atoms with Crippen molar-refractivity contribution in [2.24, 2.45) is 0 Å². The Bertz CT molecular complexity index is 980. The molecule has 0 radical (unpaired) electrons. The SMILES string of the molecule is CN(C(=O)c1ccc2cc[nH]c2c1)c1ccc2cc[nH]c2c1. The molecule has 2 heterocycles. The van der Waals surface area contributed by atoms with Crippen molar-refractivity contribution >= 4 is 33.4 Å². The Hall–Kier alpha value is -3.01. The van der Waals surface area contributed by atoms with E-state index in [1.54, 1.807) is 11.9 Å². The van der Waals surface area contributed by atoms with Crippen molar-refractivity contribution in [3.05, 3.63) is 66.5 Å². The number of amides is 1. The Labute approximate surface area is 127 Å². The summed E-state index contributed by atoms with van der Waals surface area (Å²) in [6, 6.07) is 15.7. The first-order valence-electron chi connectivity index (χ1n) is 7.15. The molecule has 0 bridgehead atoms. The van der Waals surface area contributed by atoms with Crippen LogP contribution in [0.25, 0.3) is 21.8 Å². The van der Waals surface area contributed by atoms with Gasteiger partial charge in [0.05, 0.1) is 0 Å². The highest BCUT2D eigenvalue weighted by Gasteiger charge is 2.14. The highest BCUT2D eigenvalue weighted by atomic mass is 16.2. The summed E-state index contributed by atoms with van der Waals surface area (Å²) in [6.07, 6.45) is 3.78. The number of anilines is 1. The summed E-state index contributed by atoms with van der Waals surface area (Å²) < 4.78 is 0. The number of H-pyrrole nitrogens is 2. The van der Waals surface area contributed by atoms with Gasteiger partial charge in [0.25, 0.3) is 5.91 Å². The first-order valence-corrected chi connectivity index (χ1v) is 7.15. The number of carbonyl (C=O) groups excluding carboxylic acids is 1. The van der Waals surface area contributed by atoms with Gasteiger partial charge in [-0.3, -0.25) is 4.79 Å². The number of nitrogens with zero attached hydrogens (tertiary/aromatic N) is 1. The molecule has 4 aromatic rings. The minimum Gasteiger partial charge on any atom is -0.361 e. The monoisotopic (exact) mass is 289 g/mol. The van der Waals surface area contributed by atoms with Crippen molar-refractivity contribution in [3.63, 3.8) is 0 Å². The van der Waals surface area contributed by atoms with Gasteiger partial charge in [-0.15, -0.1) is 0 Å². The van der Waals surface area contributed by atoms with Crippen LogP contribution in [0.2, 0.25) is 0 Å². The van der Waals surface area contributed by atoms with Crippen LogP contribution >= 0.6 is 0 Å². The minimum absolute atomic E-state index is 0.0255. The van der Waals surface area contributed by atoms with E-state index in [-0.39, 0.29) is 5.91 Å². The van der Waals surface area contributed by atoms with E-state index in [0.717, 1.165) is 27.5 Å². The third-order valence-electron chi connectivity index (χ3n) is 4.03. The second-order valence-corrected chi connectivity index (χ2v) is 5.39. The Morgan fingerprint density at radius 1 is 0.864 bits per heavy atom. The van der Waals surface area contributed by atoms with Crippen molar-refractivity contribution in [2.75, 3.05) is 11.9 Å². The van der Waals surface area contributed by atoms with Gasteiger partial charge < -0.3 is 14.9 Å². The fourth-order valence-corrected chi connectivity index (χ4v) is 2.74. The molecule has 4 heteroatoms. The largest absolute Gasteiger partial charge is 0.361 e. The molecular formula is C18H15N3O. The molecule has 0 aliphatic rings. The quantitative estimate of drug-likeness (QED) is 0.577. The number of aromatic nitrogens is 2. The van der Waals surface area contributed by atoms with Gasteiger partial charge in [-0.1, -0.05) is 12.1 Å². The number of hydrogen-bond donors (Lipinski definition) is 2. The predicted octanol–water partition coefficient (Wildman–Crippen LogP) is 3.93. The van der Waals surface area contributed by atoms with Crippen molar-refractivity contribution < 1.29 is 4.79 Å². The fourth-order valence-electron chi connectivity index (χ4n) is 2.74. The lowest BCUT2D eigenvalue weighted by molar-refractivity contribution is 0.0993. The average molecular weight is 289 g/mol. The fraction of sp³-hybridized carbons (Fsp3) is 0.0556. The first-order chi connectivity index (χ1) is 10.7. The summed E-state index contributed by atoms with van der Waals surface area (Å²) in [4.78, 5) is 20.7. The maximum Gasteiger partial charge on any atom is 0.258 e. The summed E-state index contributed by atoms with van der Waals surface area (Å²) >= 11 is 0. The van der Waals surface area contributed by atoms with Crippen LogP contribution in [0.5, 0.6) is 0 Å². The molecule has 2 aromatic heterocycles. The van der Waals surface area contributed by atoms with Crippen LogP contribution in [0.1, 0.15) is 10.4 Å². The van der Waals surface area contributed by atoms with Crippen LogP contribution in [0.4, 0.5) is 5.69 Å². The van der Waals surface area contributed by atoms with Crippen LogP contribution in [-0.2, 0) is 0 Å². The van der Waals surface area contributed by atoms with Gasteiger partial charge in [-0.2, -0.15) is 0 Å². The molecule has 0 unspecified atom stereocenters. The highest BCUT2D eigenvalue weighted by molar-refractivity contribution is 6.08. The van der Waals surface area contributed by atoms with E-state index in [0.29, 0.717) is 5.56 Å². The predicted molar refractivity (Wildman–Crippen MR) is 89.3 cm³/mol. The molecule has 2 aromatic carbocycles. The molecule has 0 aliphatic heterocycles. The third-order valence-corrected chi connectivity index (χ3v) is 4.03. The van der Waals surface area contributed by atoms with Crippen LogP contribution in [0, 0.1) is 0 Å². The summed E-state index contributed by atoms with van der Waals surface area (Å²) in [6.45, 7) is 0. The Morgan fingerprint density at radius 3 is 2.23 bits per heavy atom. The van der Waals surface area contributed by atoms with Gasteiger partial charge in [-0.05, 0) is 47.2 Å². The zero-order chi connectivity index (χ0) is 15.1. The lowest BCUT2D eigenvalue weighted by Gasteiger charge is -2.17. The van der Waals surface area contributed by atoms with E-state index in [1.807, 2.05) is 60.9 Å². The average Bonchev–Trinajstić information content (AvgIpc) is 3.20. The second-order valence-electron chi connectivity index (χ2n) is 5.39. The van der Waals surface area contributed by atoms with Crippen LogP contribution in [-0.4, -0.2) is 22.9 Å². The molecule has 0 fully saturated rings. The van der Waals surface area contributed by atoms with Gasteiger partial charge >= 0.3 is 0 Å². The zero-order valence-corrected chi connectivity index (χ0v) is 12.1. The smallest absolute Gasteiger partial charge is 0.258 e. The van der Waals surface area contributed by atoms with Gasteiger partial charge in [0.15, 0.2) is 0 Å². The number of benzene rings is 2. The van der Waals surface area contributed by atoms with E-state index in [2.05, 4.69) is 9.97 Å². The second kappa shape index (κ2) is 4.77. The van der Waals surface area contributed by atoms with Gasteiger partial charge in [-0.25, -0.2) is 0 Å². The maximum absolute atomic E-state index is 12.7. The van der Waals surface area contributed by atoms with E-state index in [9.17, 15) is 4.79 Å². The molecule has 108 valence electrons. The Morgan fingerprint density at radius 2 is 1.50 bits per heavy atom. The molecule has 0 spiro atoms. The third kappa shape index (κ3) is 1.97. The molecule has 0 atom stereocenters. The molecule has 4 nitrogen and oxygen atoms in total. The summed E-state index contributed by atoms with van der Waals surface area (Å²) in [5.74, 6) is -0.0255. The topological polar surface area (TPSA) is 51.9 Å². The molecule has 22 heavy (non-hydrogen) atoms.